The quantitative estimate of drug-likeness (QED) is 0.756. The van der Waals surface area contributed by atoms with Crippen molar-refractivity contribution in [1.29, 1.82) is 0 Å². The Morgan fingerprint density at radius 3 is 2.67 bits per heavy atom. The summed E-state index contributed by atoms with van der Waals surface area (Å²) in [5, 5.41) is 0. The molecule has 1 aromatic rings. The Bertz CT molecular complexity index is 390. The third-order valence-electron chi connectivity index (χ3n) is 2.90. The molecule has 0 aliphatic heterocycles. The van der Waals surface area contributed by atoms with E-state index >= 15 is 0 Å². The zero-order valence-corrected chi connectivity index (χ0v) is 11.5. The number of nitrogens with two attached hydrogens (primary N) is 1. The Balaban J connectivity index is 2.90. The van der Waals surface area contributed by atoms with Gasteiger partial charge in [-0.1, -0.05) is 25.6 Å². The fourth-order valence-corrected chi connectivity index (χ4v) is 1.64. The van der Waals surface area contributed by atoms with Crippen LogP contribution in [-0.2, 0) is 6.42 Å². The minimum atomic E-state index is -0.0472. The summed E-state index contributed by atoms with van der Waals surface area (Å²) in [6.07, 6.45) is 3.52. The van der Waals surface area contributed by atoms with Gasteiger partial charge in [-0.25, -0.2) is 0 Å². The molecule has 0 amide bonds. The summed E-state index contributed by atoms with van der Waals surface area (Å²) in [5.74, 6) is 1.48. The van der Waals surface area contributed by atoms with Gasteiger partial charge in [0.25, 0.3) is 0 Å². The van der Waals surface area contributed by atoms with E-state index in [-0.39, 0.29) is 12.1 Å². The zero-order chi connectivity index (χ0) is 13.5. The first kappa shape index (κ1) is 14.6. The Morgan fingerprint density at radius 1 is 1.39 bits per heavy atom. The minimum Gasteiger partial charge on any atom is -0.493 e. The second kappa shape index (κ2) is 7.07. The Kier molecular flexibility index (Phi) is 5.72. The zero-order valence-electron chi connectivity index (χ0n) is 11.5. The molecule has 0 heterocycles. The first-order valence-corrected chi connectivity index (χ1v) is 6.32. The van der Waals surface area contributed by atoms with Crippen LogP contribution in [0, 0.1) is 0 Å². The van der Waals surface area contributed by atoms with E-state index in [9.17, 15) is 0 Å². The number of rotatable bonds is 7. The maximum atomic E-state index is 5.96. The average Bonchev–Trinajstić information content (AvgIpc) is 2.38. The van der Waals surface area contributed by atoms with E-state index in [2.05, 4.69) is 13.5 Å². The molecule has 0 bridgehead atoms. The largest absolute Gasteiger partial charge is 0.493 e. The smallest absolute Gasteiger partial charge is 0.162 e. The van der Waals surface area contributed by atoms with Crippen molar-refractivity contribution in [3.05, 3.63) is 36.4 Å². The van der Waals surface area contributed by atoms with Crippen LogP contribution in [-0.4, -0.2) is 19.3 Å². The third-order valence-corrected chi connectivity index (χ3v) is 2.90. The van der Waals surface area contributed by atoms with Crippen molar-refractivity contribution in [3.63, 3.8) is 0 Å². The van der Waals surface area contributed by atoms with E-state index in [0.29, 0.717) is 0 Å². The van der Waals surface area contributed by atoms with Crippen LogP contribution in [0.2, 0.25) is 0 Å². The van der Waals surface area contributed by atoms with Crippen molar-refractivity contribution < 1.29 is 9.47 Å². The van der Waals surface area contributed by atoms with E-state index in [1.54, 1.807) is 13.2 Å². The number of hydrogen-bond acceptors (Lipinski definition) is 3. The minimum absolute atomic E-state index is 0.0472. The Hall–Kier alpha value is -1.48. The van der Waals surface area contributed by atoms with E-state index in [0.717, 1.165) is 29.9 Å². The summed E-state index contributed by atoms with van der Waals surface area (Å²) in [4.78, 5) is 0. The highest BCUT2D eigenvalue weighted by atomic mass is 16.5. The Labute approximate surface area is 110 Å². The monoisotopic (exact) mass is 249 g/mol. The third kappa shape index (κ3) is 4.08. The van der Waals surface area contributed by atoms with Crippen LogP contribution < -0.4 is 15.2 Å². The number of benzene rings is 1. The van der Waals surface area contributed by atoms with Crippen LogP contribution >= 0.6 is 0 Å². The van der Waals surface area contributed by atoms with Crippen molar-refractivity contribution >= 4 is 0 Å². The van der Waals surface area contributed by atoms with Crippen LogP contribution in [0.3, 0.4) is 0 Å². The fraction of sp³-hybridized carbons (Fsp3) is 0.467. The molecule has 2 unspecified atom stereocenters. The summed E-state index contributed by atoms with van der Waals surface area (Å²) >= 11 is 0. The molecule has 1 rings (SSSR count). The van der Waals surface area contributed by atoms with Crippen molar-refractivity contribution in [2.24, 2.45) is 5.73 Å². The van der Waals surface area contributed by atoms with Crippen LogP contribution in [0.5, 0.6) is 11.5 Å². The van der Waals surface area contributed by atoms with Crippen LogP contribution in [0.15, 0.2) is 30.9 Å². The fourth-order valence-electron chi connectivity index (χ4n) is 1.64. The van der Waals surface area contributed by atoms with Gasteiger partial charge < -0.3 is 15.2 Å². The van der Waals surface area contributed by atoms with E-state index in [1.807, 2.05) is 25.1 Å². The van der Waals surface area contributed by atoms with Gasteiger partial charge in [-0.15, -0.1) is 0 Å². The normalized spacial score (nSPS) is 13.8. The van der Waals surface area contributed by atoms with Gasteiger partial charge in [0, 0.05) is 6.04 Å². The summed E-state index contributed by atoms with van der Waals surface area (Å²) in [6, 6.07) is 6.12. The maximum Gasteiger partial charge on any atom is 0.162 e. The average molecular weight is 249 g/mol. The number of methoxy groups -OCH3 is 1. The van der Waals surface area contributed by atoms with Crippen molar-refractivity contribution in [1.82, 2.24) is 0 Å². The molecule has 100 valence electrons. The lowest BCUT2D eigenvalue weighted by molar-refractivity contribution is 0.254. The second-order valence-corrected chi connectivity index (χ2v) is 4.42. The predicted molar refractivity (Wildman–Crippen MR) is 75.3 cm³/mol. The van der Waals surface area contributed by atoms with E-state index in [1.165, 1.54) is 0 Å². The van der Waals surface area contributed by atoms with Gasteiger partial charge in [0.15, 0.2) is 11.5 Å². The predicted octanol–water partition coefficient (Wildman–Crippen LogP) is 2.93. The molecule has 2 N–H and O–H groups in total. The van der Waals surface area contributed by atoms with Gasteiger partial charge in [0.1, 0.15) is 6.10 Å². The topological polar surface area (TPSA) is 44.5 Å². The SMILES string of the molecule is C=CC(C)Oc1cc(CC(N)CC)ccc1OC. The van der Waals surface area contributed by atoms with Crippen molar-refractivity contribution in [2.45, 2.75) is 38.8 Å². The van der Waals surface area contributed by atoms with Crippen LogP contribution in [0.25, 0.3) is 0 Å². The first-order valence-electron chi connectivity index (χ1n) is 6.32. The highest BCUT2D eigenvalue weighted by molar-refractivity contribution is 5.43. The molecule has 0 saturated heterocycles. The van der Waals surface area contributed by atoms with Gasteiger partial charge in [-0.3, -0.25) is 0 Å². The summed E-state index contributed by atoms with van der Waals surface area (Å²) < 4.78 is 11.0. The lowest BCUT2D eigenvalue weighted by atomic mass is 10.0. The lowest BCUT2D eigenvalue weighted by Gasteiger charge is -2.16. The summed E-state index contributed by atoms with van der Waals surface area (Å²) in [6.45, 7) is 7.74. The second-order valence-electron chi connectivity index (χ2n) is 4.42. The molecule has 0 saturated carbocycles. The molecule has 0 aliphatic carbocycles. The molecular formula is C15H23NO2. The van der Waals surface area contributed by atoms with Gasteiger partial charge in [-0.2, -0.15) is 0 Å². The molecule has 0 radical (unpaired) electrons. The molecule has 3 heteroatoms. The molecule has 1 aromatic carbocycles. The molecular weight excluding hydrogens is 226 g/mol. The molecule has 0 aromatic heterocycles. The molecule has 18 heavy (non-hydrogen) atoms. The first-order chi connectivity index (χ1) is 8.60. The van der Waals surface area contributed by atoms with E-state index < -0.39 is 0 Å². The highest BCUT2D eigenvalue weighted by Gasteiger charge is 2.09. The summed E-state index contributed by atoms with van der Waals surface area (Å²) in [7, 11) is 1.64. The molecule has 2 atom stereocenters. The number of hydrogen-bond donors (Lipinski definition) is 1. The standard InChI is InChI=1S/C15H23NO2/c1-5-11(3)18-15-10-12(9-13(16)6-2)7-8-14(15)17-4/h5,7-8,10-11,13H,1,6,9,16H2,2-4H3. The lowest BCUT2D eigenvalue weighted by Crippen LogP contribution is -2.21. The van der Waals surface area contributed by atoms with Crippen LogP contribution in [0.1, 0.15) is 25.8 Å². The Morgan fingerprint density at radius 2 is 2.11 bits per heavy atom. The molecule has 0 fully saturated rings. The van der Waals surface area contributed by atoms with Gasteiger partial charge in [-0.05, 0) is 37.5 Å². The van der Waals surface area contributed by atoms with Gasteiger partial charge in [0.05, 0.1) is 7.11 Å². The van der Waals surface area contributed by atoms with E-state index in [4.69, 9.17) is 15.2 Å². The number of ether oxygens (including phenoxy) is 2. The molecule has 0 aliphatic rings. The van der Waals surface area contributed by atoms with Gasteiger partial charge in [0.2, 0.25) is 0 Å². The van der Waals surface area contributed by atoms with Gasteiger partial charge >= 0.3 is 0 Å². The van der Waals surface area contributed by atoms with Crippen molar-refractivity contribution in [2.75, 3.05) is 7.11 Å². The molecule has 0 spiro atoms. The summed E-state index contributed by atoms with van der Waals surface area (Å²) in [5.41, 5.74) is 7.13. The molecule has 3 nitrogen and oxygen atoms in total. The maximum absolute atomic E-state index is 5.96. The van der Waals surface area contributed by atoms with Crippen molar-refractivity contribution in [3.8, 4) is 11.5 Å². The highest BCUT2D eigenvalue weighted by Crippen LogP contribution is 2.29. The van der Waals surface area contributed by atoms with Crippen LogP contribution in [0.4, 0.5) is 0 Å².